The monoisotopic (exact) mass is 454 g/mol. The lowest BCUT2D eigenvalue weighted by Gasteiger charge is -2.39. The Balaban J connectivity index is 1.56. The summed E-state index contributed by atoms with van der Waals surface area (Å²) >= 11 is 6.13. The van der Waals surface area contributed by atoms with Crippen molar-refractivity contribution in [3.63, 3.8) is 0 Å². The van der Waals surface area contributed by atoms with Gasteiger partial charge in [-0.2, -0.15) is 0 Å². The van der Waals surface area contributed by atoms with E-state index in [0.29, 0.717) is 24.1 Å². The molecule has 2 atom stereocenters. The number of ether oxygens (including phenoxy) is 1. The second-order valence-electron chi connectivity index (χ2n) is 7.98. The average molecular weight is 455 g/mol. The molecule has 4 rings (SSSR count). The molecule has 0 bridgehead atoms. The number of halogens is 1. The van der Waals surface area contributed by atoms with Crippen molar-refractivity contribution >= 4 is 35.1 Å². The number of piperazine rings is 1. The number of hydrogen-bond acceptors (Lipinski definition) is 6. The summed E-state index contributed by atoms with van der Waals surface area (Å²) in [7, 11) is 0. The van der Waals surface area contributed by atoms with E-state index in [4.69, 9.17) is 21.3 Å². The largest absolute Gasteiger partial charge is 0.465 e. The predicted octanol–water partition coefficient (Wildman–Crippen LogP) is 3.18. The van der Waals surface area contributed by atoms with Crippen LogP contribution in [-0.2, 0) is 14.3 Å². The summed E-state index contributed by atoms with van der Waals surface area (Å²) in [6, 6.07) is 14.9. The second kappa shape index (κ2) is 9.61. The number of nitrogens with zero attached hydrogens (tertiary/aromatic N) is 3. The molecular formula is C24H27ClN4O3. The zero-order valence-corrected chi connectivity index (χ0v) is 19.0. The standard InChI is InChI=1S/C24H27ClN4O3/c1-3-32-23(31)20-21(17-9-7-16(2)8-10-17)26-24(27-22(20)30)29-13-11-28(12-14-29)19-6-4-5-18(25)15-19/h4-10,15,20-21H,3,11-14H2,1-2H3,(H,26,27,30)/t20-,21-/m0/s1. The van der Waals surface area contributed by atoms with Crippen LogP contribution in [0.3, 0.4) is 0 Å². The predicted molar refractivity (Wildman–Crippen MR) is 125 cm³/mol. The van der Waals surface area contributed by atoms with Crippen LogP contribution in [0.25, 0.3) is 0 Å². The fourth-order valence-electron chi connectivity index (χ4n) is 4.08. The molecule has 8 heteroatoms. The van der Waals surface area contributed by atoms with Gasteiger partial charge < -0.3 is 14.5 Å². The van der Waals surface area contributed by atoms with Gasteiger partial charge in [0, 0.05) is 36.9 Å². The molecule has 2 aromatic carbocycles. The summed E-state index contributed by atoms with van der Waals surface area (Å²) in [5, 5.41) is 3.56. The quantitative estimate of drug-likeness (QED) is 0.567. The molecule has 168 valence electrons. The number of anilines is 1. The minimum absolute atomic E-state index is 0.214. The molecule has 2 heterocycles. The third-order valence-electron chi connectivity index (χ3n) is 5.81. The molecule has 7 nitrogen and oxygen atoms in total. The highest BCUT2D eigenvalue weighted by Crippen LogP contribution is 2.31. The zero-order valence-electron chi connectivity index (χ0n) is 18.3. The third kappa shape index (κ3) is 4.72. The van der Waals surface area contributed by atoms with E-state index >= 15 is 0 Å². The van der Waals surface area contributed by atoms with Gasteiger partial charge in [-0.25, -0.2) is 4.99 Å². The molecular weight excluding hydrogens is 428 g/mol. The Morgan fingerprint density at radius 2 is 1.81 bits per heavy atom. The third-order valence-corrected chi connectivity index (χ3v) is 6.04. The molecule has 2 aromatic rings. The van der Waals surface area contributed by atoms with Crippen molar-refractivity contribution in [3.8, 4) is 0 Å². The Hall–Kier alpha value is -3.06. The van der Waals surface area contributed by atoms with E-state index < -0.39 is 17.9 Å². The first-order valence-electron chi connectivity index (χ1n) is 10.8. The fourth-order valence-corrected chi connectivity index (χ4v) is 4.26. The van der Waals surface area contributed by atoms with Gasteiger partial charge in [-0.15, -0.1) is 0 Å². The number of carbonyl (C=O) groups excluding carboxylic acids is 2. The SMILES string of the molecule is CCOC(=O)[C@@H]1C(=O)NC(N2CCN(c3cccc(Cl)c3)CC2)=N[C@H]1c1ccc(C)cc1. The molecule has 2 aliphatic rings. The van der Waals surface area contributed by atoms with E-state index in [1.807, 2.05) is 55.5 Å². The van der Waals surface area contributed by atoms with Crippen LogP contribution >= 0.6 is 11.6 Å². The van der Waals surface area contributed by atoms with Crippen molar-refractivity contribution in [2.45, 2.75) is 19.9 Å². The Bertz CT molecular complexity index is 1020. The van der Waals surface area contributed by atoms with E-state index in [9.17, 15) is 9.59 Å². The van der Waals surface area contributed by atoms with E-state index in [0.717, 1.165) is 29.9 Å². The van der Waals surface area contributed by atoms with Gasteiger partial charge in [-0.3, -0.25) is 14.9 Å². The average Bonchev–Trinajstić information content (AvgIpc) is 2.79. The van der Waals surface area contributed by atoms with Crippen LogP contribution < -0.4 is 10.2 Å². The molecule has 0 aromatic heterocycles. The minimum atomic E-state index is -1.01. The van der Waals surface area contributed by atoms with Crippen LogP contribution in [0.15, 0.2) is 53.5 Å². The van der Waals surface area contributed by atoms with Crippen molar-refractivity contribution in [2.75, 3.05) is 37.7 Å². The number of rotatable bonds is 4. The van der Waals surface area contributed by atoms with Gasteiger partial charge in [-0.1, -0.05) is 47.5 Å². The first kappa shape index (κ1) is 22.1. The highest BCUT2D eigenvalue weighted by molar-refractivity contribution is 6.30. The van der Waals surface area contributed by atoms with E-state index in [2.05, 4.69) is 15.1 Å². The number of hydrogen-bond donors (Lipinski definition) is 1. The number of nitrogens with one attached hydrogen (secondary N) is 1. The van der Waals surface area contributed by atoms with Gasteiger partial charge in [0.1, 0.15) is 6.04 Å². The summed E-state index contributed by atoms with van der Waals surface area (Å²) in [6.45, 7) is 6.86. The lowest BCUT2D eigenvalue weighted by Crippen LogP contribution is -2.57. The Kier molecular flexibility index (Phi) is 6.65. The summed E-state index contributed by atoms with van der Waals surface area (Å²) in [5.41, 5.74) is 2.99. The Morgan fingerprint density at radius 3 is 2.47 bits per heavy atom. The molecule has 0 aliphatic carbocycles. The Labute approximate surface area is 193 Å². The second-order valence-corrected chi connectivity index (χ2v) is 8.42. The maximum absolute atomic E-state index is 13.0. The molecule has 2 aliphatic heterocycles. The van der Waals surface area contributed by atoms with Gasteiger partial charge in [0.2, 0.25) is 11.9 Å². The number of benzene rings is 2. The van der Waals surface area contributed by atoms with Crippen molar-refractivity contribution in [1.82, 2.24) is 10.2 Å². The van der Waals surface area contributed by atoms with Crippen LogP contribution in [0.1, 0.15) is 24.1 Å². The zero-order chi connectivity index (χ0) is 22.7. The molecule has 0 radical (unpaired) electrons. The van der Waals surface area contributed by atoms with E-state index in [-0.39, 0.29) is 12.5 Å². The highest BCUT2D eigenvalue weighted by atomic mass is 35.5. The molecule has 1 fully saturated rings. The lowest BCUT2D eigenvalue weighted by atomic mass is 9.91. The van der Waals surface area contributed by atoms with Crippen molar-refractivity contribution in [3.05, 3.63) is 64.7 Å². The summed E-state index contributed by atoms with van der Waals surface area (Å²) in [6.07, 6.45) is 0. The van der Waals surface area contributed by atoms with Gasteiger partial charge in [-0.05, 0) is 37.6 Å². The summed E-state index contributed by atoms with van der Waals surface area (Å²) in [5.74, 6) is -1.43. The topological polar surface area (TPSA) is 74.2 Å². The van der Waals surface area contributed by atoms with E-state index in [1.165, 1.54) is 0 Å². The maximum atomic E-state index is 13.0. The Morgan fingerprint density at radius 1 is 1.12 bits per heavy atom. The van der Waals surface area contributed by atoms with Crippen LogP contribution in [0.4, 0.5) is 5.69 Å². The number of aliphatic imine (C=N–C) groups is 1. The minimum Gasteiger partial charge on any atom is -0.465 e. The maximum Gasteiger partial charge on any atom is 0.321 e. The normalized spacial score (nSPS) is 21.1. The molecule has 0 saturated carbocycles. The number of esters is 1. The highest BCUT2D eigenvalue weighted by Gasteiger charge is 2.42. The van der Waals surface area contributed by atoms with Gasteiger partial charge in [0.15, 0.2) is 5.92 Å². The lowest BCUT2D eigenvalue weighted by molar-refractivity contribution is -0.153. The molecule has 1 N–H and O–H groups in total. The molecule has 0 unspecified atom stereocenters. The van der Waals surface area contributed by atoms with Crippen LogP contribution in [0.5, 0.6) is 0 Å². The van der Waals surface area contributed by atoms with Gasteiger partial charge >= 0.3 is 5.97 Å². The number of carbonyl (C=O) groups is 2. The van der Waals surface area contributed by atoms with Crippen LogP contribution in [0.2, 0.25) is 5.02 Å². The number of guanidine groups is 1. The number of aryl methyl sites for hydroxylation is 1. The smallest absolute Gasteiger partial charge is 0.321 e. The molecule has 0 spiro atoms. The number of amides is 1. The fraction of sp³-hybridized carbons (Fsp3) is 0.375. The first-order chi connectivity index (χ1) is 15.5. The van der Waals surface area contributed by atoms with Crippen molar-refractivity contribution < 1.29 is 14.3 Å². The summed E-state index contributed by atoms with van der Waals surface area (Å²) in [4.78, 5) is 34.7. The summed E-state index contributed by atoms with van der Waals surface area (Å²) < 4.78 is 5.18. The van der Waals surface area contributed by atoms with Crippen molar-refractivity contribution in [2.24, 2.45) is 10.9 Å². The van der Waals surface area contributed by atoms with Gasteiger partial charge in [0.25, 0.3) is 0 Å². The molecule has 32 heavy (non-hydrogen) atoms. The van der Waals surface area contributed by atoms with Crippen LogP contribution in [0, 0.1) is 12.8 Å². The van der Waals surface area contributed by atoms with Crippen molar-refractivity contribution in [1.29, 1.82) is 0 Å². The van der Waals surface area contributed by atoms with E-state index in [1.54, 1.807) is 6.92 Å². The molecule has 1 amide bonds. The van der Waals surface area contributed by atoms with Gasteiger partial charge in [0.05, 0.1) is 6.61 Å². The molecule has 1 saturated heterocycles. The van der Waals surface area contributed by atoms with Crippen LogP contribution in [-0.4, -0.2) is 55.5 Å². The first-order valence-corrected chi connectivity index (χ1v) is 11.2.